The first-order chi connectivity index (χ1) is 7.89. The second-order valence-corrected chi connectivity index (χ2v) is 6.38. The van der Waals surface area contributed by atoms with Crippen molar-refractivity contribution < 1.29 is 13.2 Å². The molecule has 0 aliphatic carbocycles. The number of hydrogen-bond acceptors (Lipinski definition) is 4. The third kappa shape index (κ3) is 3.41. The summed E-state index contributed by atoms with van der Waals surface area (Å²) in [5, 5.41) is 0. The Bertz CT molecular complexity index is 490. The topological polar surface area (TPSA) is 72.6 Å². The van der Waals surface area contributed by atoms with Gasteiger partial charge < -0.3 is 10.5 Å². The number of anilines is 1. The summed E-state index contributed by atoms with van der Waals surface area (Å²) in [6.45, 7) is 0.651. The minimum Gasteiger partial charge on any atom is -0.399 e. The largest absolute Gasteiger partial charge is 0.399 e. The highest BCUT2D eigenvalue weighted by atomic mass is 79.9. The zero-order valence-corrected chi connectivity index (χ0v) is 12.1. The number of methoxy groups -OCH3 is 1. The Morgan fingerprint density at radius 3 is 2.65 bits per heavy atom. The molecular formula is C10H15BrN2O3S. The number of likely N-dealkylation sites (N-methyl/N-ethyl adjacent to an activating group) is 1. The van der Waals surface area contributed by atoms with E-state index in [-0.39, 0.29) is 4.90 Å². The maximum atomic E-state index is 12.2. The molecular weight excluding hydrogens is 308 g/mol. The maximum absolute atomic E-state index is 12.2. The Morgan fingerprint density at radius 2 is 2.12 bits per heavy atom. The number of sulfonamides is 1. The van der Waals surface area contributed by atoms with Crippen LogP contribution in [0.1, 0.15) is 0 Å². The third-order valence-electron chi connectivity index (χ3n) is 2.25. The lowest BCUT2D eigenvalue weighted by atomic mass is 10.3. The van der Waals surface area contributed by atoms with Crippen molar-refractivity contribution in [3.63, 3.8) is 0 Å². The van der Waals surface area contributed by atoms with E-state index in [1.807, 2.05) is 0 Å². The van der Waals surface area contributed by atoms with E-state index >= 15 is 0 Å². The number of nitrogens with zero attached hydrogens (tertiary/aromatic N) is 1. The molecule has 0 amide bonds. The van der Waals surface area contributed by atoms with E-state index in [1.54, 1.807) is 12.1 Å². The fourth-order valence-electron chi connectivity index (χ4n) is 1.23. The summed E-state index contributed by atoms with van der Waals surface area (Å²) in [6, 6.07) is 4.61. The number of nitrogens with two attached hydrogens (primary N) is 1. The summed E-state index contributed by atoms with van der Waals surface area (Å²) >= 11 is 3.20. The zero-order valence-electron chi connectivity index (χ0n) is 9.68. The number of rotatable bonds is 5. The molecule has 2 N–H and O–H groups in total. The highest BCUT2D eigenvalue weighted by Crippen LogP contribution is 2.26. The van der Waals surface area contributed by atoms with Crippen LogP contribution >= 0.6 is 15.9 Å². The van der Waals surface area contributed by atoms with Gasteiger partial charge in [0.1, 0.15) is 0 Å². The lowest BCUT2D eigenvalue weighted by Gasteiger charge is -2.17. The van der Waals surface area contributed by atoms with Gasteiger partial charge in [-0.05, 0) is 34.1 Å². The first kappa shape index (κ1) is 14.4. The Labute approximate surface area is 110 Å². The molecule has 0 bridgehead atoms. The molecule has 0 radical (unpaired) electrons. The van der Waals surface area contributed by atoms with Crippen LogP contribution < -0.4 is 5.73 Å². The van der Waals surface area contributed by atoms with Gasteiger partial charge in [-0.3, -0.25) is 0 Å². The SMILES string of the molecule is COCCN(C)S(=O)(=O)c1ccc(N)cc1Br. The van der Waals surface area contributed by atoms with Crippen molar-refractivity contribution in [2.45, 2.75) is 4.90 Å². The van der Waals surface area contributed by atoms with E-state index in [0.717, 1.165) is 0 Å². The van der Waals surface area contributed by atoms with Crippen LogP contribution in [-0.2, 0) is 14.8 Å². The highest BCUT2D eigenvalue weighted by Gasteiger charge is 2.22. The minimum atomic E-state index is -3.51. The predicted octanol–water partition coefficient (Wildman–Crippen LogP) is 1.30. The Kier molecular flexibility index (Phi) is 4.93. The molecule has 0 spiro atoms. The molecule has 17 heavy (non-hydrogen) atoms. The van der Waals surface area contributed by atoms with Crippen LogP contribution in [0.2, 0.25) is 0 Å². The average Bonchev–Trinajstić information content (AvgIpc) is 2.25. The normalized spacial score (nSPS) is 12.0. The molecule has 96 valence electrons. The van der Waals surface area contributed by atoms with Crippen LogP contribution in [0.4, 0.5) is 5.69 Å². The second-order valence-electron chi connectivity index (χ2n) is 3.51. The Morgan fingerprint density at radius 1 is 1.47 bits per heavy atom. The van der Waals surface area contributed by atoms with E-state index in [2.05, 4.69) is 15.9 Å². The summed E-state index contributed by atoms with van der Waals surface area (Å²) < 4.78 is 30.9. The summed E-state index contributed by atoms with van der Waals surface area (Å²) in [5.74, 6) is 0. The number of benzene rings is 1. The lowest BCUT2D eigenvalue weighted by molar-refractivity contribution is 0.185. The highest BCUT2D eigenvalue weighted by molar-refractivity contribution is 9.10. The molecule has 1 aromatic carbocycles. The van der Waals surface area contributed by atoms with Gasteiger partial charge in [0.2, 0.25) is 10.0 Å². The molecule has 0 heterocycles. The van der Waals surface area contributed by atoms with Crippen molar-refractivity contribution >= 4 is 31.6 Å². The molecule has 1 aromatic rings. The van der Waals surface area contributed by atoms with Gasteiger partial charge >= 0.3 is 0 Å². The number of nitrogen functional groups attached to an aromatic ring is 1. The van der Waals surface area contributed by atoms with Gasteiger partial charge in [0.15, 0.2) is 0 Å². The van der Waals surface area contributed by atoms with Crippen LogP contribution in [0.5, 0.6) is 0 Å². The van der Waals surface area contributed by atoms with Crippen molar-refractivity contribution in [1.82, 2.24) is 4.31 Å². The van der Waals surface area contributed by atoms with E-state index in [4.69, 9.17) is 10.5 Å². The molecule has 0 saturated carbocycles. The van der Waals surface area contributed by atoms with Gasteiger partial charge in [0.05, 0.1) is 11.5 Å². The van der Waals surface area contributed by atoms with Gasteiger partial charge in [-0.2, -0.15) is 4.31 Å². The van der Waals surface area contributed by atoms with Crippen LogP contribution in [-0.4, -0.2) is 40.0 Å². The molecule has 0 aromatic heterocycles. The van der Waals surface area contributed by atoms with Crippen LogP contribution in [0.15, 0.2) is 27.6 Å². The van der Waals surface area contributed by atoms with Gasteiger partial charge in [0.25, 0.3) is 0 Å². The molecule has 0 fully saturated rings. The molecule has 5 nitrogen and oxygen atoms in total. The first-order valence-corrected chi connectivity index (χ1v) is 7.13. The van der Waals surface area contributed by atoms with Gasteiger partial charge in [-0.1, -0.05) is 0 Å². The molecule has 0 saturated heterocycles. The van der Waals surface area contributed by atoms with Crippen LogP contribution in [0.25, 0.3) is 0 Å². The Hall–Kier alpha value is -0.630. The number of ether oxygens (including phenoxy) is 1. The van der Waals surface area contributed by atoms with Gasteiger partial charge in [-0.15, -0.1) is 0 Å². The fraction of sp³-hybridized carbons (Fsp3) is 0.400. The second kappa shape index (κ2) is 5.81. The van der Waals surface area contributed by atoms with Crippen LogP contribution in [0.3, 0.4) is 0 Å². The summed E-state index contributed by atoms with van der Waals surface area (Å²) in [7, 11) is -0.469. The smallest absolute Gasteiger partial charge is 0.244 e. The molecule has 0 atom stereocenters. The third-order valence-corrected chi connectivity index (χ3v) is 5.09. The van der Waals surface area contributed by atoms with E-state index in [0.29, 0.717) is 23.3 Å². The molecule has 0 aliphatic rings. The first-order valence-electron chi connectivity index (χ1n) is 4.90. The Balaban J connectivity index is 3.04. The van der Waals surface area contributed by atoms with Crippen molar-refractivity contribution in [3.8, 4) is 0 Å². The summed E-state index contributed by atoms with van der Waals surface area (Å²) in [5.41, 5.74) is 6.08. The van der Waals surface area contributed by atoms with Crippen molar-refractivity contribution in [1.29, 1.82) is 0 Å². The predicted molar refractivity (Wildman–Crippen MR) is 70.2 cm³/mol. The van der Waals surface area contributed by atoms with E-state index in [1.165, 1.54) is 24.5 Å². The molecule has 0 unspecified atom stereocenters. The summed E-state index contributed by atoms with van der Waals surface area (Å²) in [4.78, 5) is 0.199. The summed E-state index contributed by atoms with van der Waals surface area (Å²) in [6.07, 6.45) is 0. The molecule has 0 aliphatic heterocycles. The van der Waals surface area contributed by atoms with E-state index in [9.17, 15) is 8.42 Å². The molecule has 1 rings (SSSR count). The molecule has 7 heteroatoms. The maximum Gasteiger partial charge on any atom is 0.244 e. The number of halogens is 1. The van der Waals surface area contributed by atoms with E-state index < -0.39 is 10.0 Å². The standard InChI is InChI=1S/C10H15BrN2O3S/c1-13(5-6-16-2)17(14,15)10-4-3-8(12)7-9(10)11/h3-4,7H,5-6,12H2,1-2H3. The lowest BCUT2D eigenvalue weighted by Crippen LogP contribution is -2.30. The van der Waals surface area contributed by atoms with Gasteiger partial charge in [0, 0.05) is 30.9 Å². The van der Waals surface area contributed by atoms with Crippen molar-refractivity contribution in [2.24, 2.45) is 0 Å². The average molecular weight is 323 g/mol. The van der Waals surface area contributed by atoms with Crippen molar-refractivity contribution in [2.75, 3.05) is 33.0 Å². The van der Waals surface area contributed by atoms with Crippen molar-refractivity contribution in [3.05, 3.63) is 22.7 Å². The quantitative estimate of drug-likeness (QED) is 0.829. The van der Waals surface area contributed by atoms with Gasteiger partial charge in [-0.25, -0.2) is 8.42 Å². The zero-order chi connectivity index (χ0) is 13.1. The van der Waals surface area contributed by atoms with Crippen LogP contribution in [0, 0.1) is 0 Å². The number of hydrogen-bond donors (Lipinski definition) is 1. The monoisotopic (exact) mass is 322 g/mol. The fourth-order valence-corrected chi connectivity index (χ4v) is 3.44. The minimum absolute atomic E-state index is 0.199.